The summed E-state index contributed by atoms with van der Waals surface area (Å²) in [5, 5.41) is 12.3. The van der Waals surface area contributed by atoms with E-state index in [1.54, 1.807) is 0 Å². The van der Waals surface area contributed by atoms with E-state index in [1.165, 1.54) is 0 Å². The number of rotatable bonds is 7. The van der Waals surface area contributed by atoms with E-state index in [0.717, 1.165) is 41.7 Å². The molecule has 0 aromatic heterocycles. The molecule has 0 radical (unpaired) electrons. The number of nitrogens with one attached hydrogen (secondary N) is 1. The molecule has 0 bridgehead atoms. The quantitative estimate of drug-likeness (QED) is 0.678. The summed E-state index contributed by atoms with van der Waals surface area (Å²) in [6, 6.07) is 5.84. The molecule has 0 saturated heterocycles. The Morgan fingerprint density at radius 3 is 2.76 bits per heavy atom. The lowest BCUT2D eigenvalue weighted by atomic mass is 10.00. The average molecular weight is 301 g/mol. The van der Waals surface area contributed by atoms with Gasteiger partial charge in [0.05, 0.1) is 11.4 Å². The van der Waals surface area contributed by atoms with E-state index in [9.17, 15) is 0 Å². The molecule has 1 unspecified atom stereocenters. The molecule has 1 aromatic carbocycles. The summed E-state index contributed by atoms with van der Waals surface area (Å²) in [4.78, 5) is 0. The Bertz CT molecular complexity index is 338. The third-order valence-electron chi connectivity index (χ3n) is 2.83. The van der Waals surface area contributed by atoms with Gasteiger partial charge in [0.2, 0.25) is 0 Å². The Kier molecular flexibility index (Phi) is 6.37. The number of anilines is 2. The van der Waals surface area contributed by atoms with E-state index in [4.69, 9.17) is 10.8 Å². The molecule has 0 amide bonds. The molecule has 4 heteroatoms. The highest BCUT2D eigenvalue weighted by Crippen LogP contribution is 2.23. The molecule has 1 atom stereocenters. The smallest absolute Gasteiger partial charge is 0.0574 e. The Morgan fingerprint density at radius 2 is 2.18 bits per heavy atom. The first-order chi connectivity index (χ1) is 8.17. The number of nitrogens with two attached hydrogens (primary N) is 1. The number of nitrogen functional groups attached to an aromatic ring is 1. The zero-order chi connectivity index (χ0) is 12.7. The average Bonchev–Trinajstić information content (AvgIpc) is 2.28. The van der Waals surface area contributed by atoms with Crippen LogP contribution in [0.25, 0.3) is 0 Å². The van der Waals surface area contributed by atoms with Gasteiger partial charge in [0, 0.05) is 17.6 Å². The van der Waals surface area contributed by atoms with E-state index in [-0.39, 0.29) is 6.61 Å². The highest BCUT2D eigenvalue weighted by atomic mass is 79.9. The van der Waals surface area contributed by atoms with Gasteiger partial charge < -0.3 is 16.2 Å². The molecule has 3 nitrogen and oxygen atoms in total. The van der Waals surface area contributed by atoms with Crippen molar-refractivity contribution in [1.29, 1.82) is 0 Å². The van der Waals surface area contributed by atoms with E-state index >= 15 is 0 Å². The van der Waals surface area contributed by atoms with Crippen molar-refractivity contribution in [2.75, 3.05) is 24.2 Å². The highest BCUT2D eigenvalue weighted by Gasteiger charge is 2.08. The predicted octanol–water partition coefficient (Wildman–Crippen LogP) is 3.24. The zero-order valence-corrected chi connectivity index (χ0v) is 11.8. The monoisotopic (exact) mass is 300 g/mol. The number of benzene rings is 1. The fourth-order valence-electron chi connectivity index (χ4n) is 1.89. The molecule has 0 aliphatic rings. The molecule has 1 aromatic rings. The van der Waals surface area contributed by atoms with Crippen LogP contribution in [0.4, 0.5) is 11.4 Å². The number of aliphatic hydroxyl groups is 1. The Balaban J connectivity index is 2.52. The van der Waals surface area contributed by atoms with Gasteiger partial charge in [0.1, 0.15) is 0 Å². The van der Waals surface area contributed by atoms with Crippen molar-refractivity contribution in [2.24, 2.45) is 5.92 Å². The van der Waals surface area contributed by atoms with Crippen LogP contribution >= 0.6 is 15.9 Å². The van der Waals surface area contributed by atoms with E-state index < -0.39 is 0 Å². The second-order valence-electron chi connectivity index (χ2n) is 4.28. The first kappa shape index (κ1) is 14.3. The molecule has 0 saturated carbocycles. The summed E-state index contributed by atoms with van der Waals surface area (Å²) in [7, 11) is 0. The number of halogens is 1. The van der Waals surface area contributed by atoms with Crippen LogP contribution in [-0.4, -0.2) is 18.3 Å². The summed E-state index contributed by atoms with van der Waals surface area (Å²) in [6.07, 6.45) is 3.11. The van der Waals surface area contributed by atoms with Crippen molar-refractivity contribution in [1.82, 2.24) is 0 Å². The Labute approximate surface area is 112 Å². The van der Waals surface area contributed by atoms with Crippen LogP contribution < -0.4 is 11.1 Å². The molecule has 4 N–H and O–H groups in total. The van der Waals surface area contributed by atoms with Gasteiger partial charge in [-0.25, -0.2) is 0 Å². The van der Waals surface area contributed by atoms with Gasteiger partial charge in [-0.3, -0.25) is 0 Å². The standard InChI is InChI=1S/C13H21BrN2O/c1-2-3-10(6-7-17)9-16-13-5-4-11(14)8-12(13)15/h4-5,8,10,16-17H,2-3,6-7,9,15H2,1H3. The molecular formula is C13H21BrN2O. The van der Waals surface area contributed by atoms with Gasteiger partial charge in [0.25, 0.3) is 0 Å². The summed E-state index contributed by atoms with van der Waals surface area (Å²) in [6.45, 7) is 3.28. The Hall–Kier alpha value is -0.740. The lowest BCUT2D eigenvalue weighted by molar-refractivity contribution is 0.255. The molecule has 1 rings (SSSR count). The van der Waals surface area contributed by atoms with E-state index in [2.05, 4.69) is 28.2 Å². The van der Waals surface area contributed by atoms with Crippen molar-refractivity contribution in [3.63, 3.8) is 0 Å². The highest BCUT2D eigenvalue weighted by molar-refractivity contribution is 9.10. The topological polar surface area (TPSA) is 58.3 Å². The molecule has 0 fully saturated rings. The lowest BCUT2D eigenvalue weighted by Crippen LogP contribution is -2.16. The van der Waals surface area contributed by atoms with Gasteiger partial charge >= 0.3 is 0 Å². The first-order valence-electron chi connectivity index (χ1n) is 6.07. The number of aliphatic hydroxyl groups excluding tert-OH is 1. The van der Waals surface area contributed by atoms with Crippen molar-refractivity contribution in [3.05, 3.63) is 22.7 Å². The first-order valence-corrected chi connectivity index (χ1v) is 6.86. The van der Waals surface area contributed by atoms with Gasteiger partial charge in [-0.2, -0.15) is 0 Å². The fourth-order valence-corrected chi connectivity index (χ4v) is 2.27. The van der Waals surface area contributed by atoms with Gasteiger partial charge in [-0.1, -0.05) is 29.3 Å². The fraction of sp³-hybridized carbons (Fsp3) is 0.538. The maximum Gasteiger partial charge on any atom is 0.0574 e. The maximum absolute atomic E-state index is 8.99. The van der Waals surface area contributed by atoms with Crippen LogP contribution in [0.15, 0.2) is 22.7 Å². The zero-order valence-electron chi connectivity index (χ0n) is 10.2. The van der Waals surface area contributed by atoms with Crippen LogP contribution in [0.1, 0.15) is 26.2 Å². The lowest BCUT2D eigenvalue weighted by Gasteiger charge is -2.17. The van der Waals surface area contributed by atoms with E-state index in [1.807, 2.05) is 18.2 Å². The van der Waals surface area contributed by atoms with Crippen molar-refractivity contribution < 1.29 is 5.11 Å². The summed E-state index contributed by atoms with van der Waals surface area (Å²) in [5.74, 6) is 0.507. The molecule has 0 aliphatic heterocycles. The van der Waals surface area contributed by atoms with E-state index in [0.29, 0.717) is 5.92 Å². The number of hydrogen-bond donors (Lipinski definition) is 3. The van der Waals surface area contributed by atoms with Crippen LogP contribution in [0.2, 0.25) is 0 Å². The summed E-state index contributed by atoms with van der Waals surface area (Å²) >= 11 is 3.39. The van der Waals surface area contributed by atoms with Crippen LogP contribution in [-0.2, 0) is 0 Å². The summed E-state index contributed by atoms with van der Waals surface area (Å²) < 4.78 is 0.987. The van der Waals surface area contributed by atoms with Crippen molar-refractivity contribution in [2.45, 2.75) is 26.2 Å². The normalized spacial score (nSPS) is 12.4. The van der Waals surface area contributed by atoms with Gasteiger partial charge in [-0.05, 0) is 37.0 Å². The van der Waals surface area contributed by atoms with Crippen LogP contribution in [0.5, 0.6) is 0 Å². The molecule has 17 heavy (non-hydrogen) atoms. The molecule has 96 valence electrons. The Morgan fingerprint density at radius 1 is 1.41 bits per heavy atom. The predicted molar refractivity (Wildman–Crippen MR) is 77.1 cm³/mol. The second kappa shape index (κ2) is 7.56. The third kappa shape index (κ3) is 4.96. The molecular weight excluding hydrogens is 280 g/mol. The number of hydrogen-bond acceptors (Lipinski definition) is 3. The SMILES string of the molecule is CCCC(CCO)CNc1ccc(Br)cc1N. The third-order valence-corrected chi connectivity index (χ3v) is 3.32. The largest absolute Gasteiger partial charge is 0.397 e. The van der Waals surface area contributed by atoms with Crippen LogP contribution in [0, 0.1) is 5.92 Å². The minimum absolute atomic E-state index is 0.252. The van der Waals surface area contributed by atoms with Gasteiger partial charge in [0.15, 0.2) is 0 Å². The van der Waals surface area contributed by atoms with Crippen molar-refractivity contribution in [3.8, 4) is 0 Å². The minimum Gasteiger partial charge on any atom is -0.397 e. The summed E-state index contributed by atoms with van der Waals surface area (Å²) in [5.41, 5.74) is 7.63. The van der Waals surface area contributed by atoms with Crippen molar-refractivity contribution >= 4 is 27.3 Å². The van der Waals surface area contributed by atoms with Crippen LogP contribution in [0.3, 0.4) is 0 Å². The molecule has 0 spiro atoms. The second-order valence-corrected chi connectivity index (χ2v) is 5.20. The molecule has 0 heterocycles. The minimum atomic E-state index is 0.252. The maximum atomic E-state index is 8.99. The molecule has 0 aliphatic carbocycles. The van der Waals surface area contributed by atoms with Gasteiger partial charge in [-0.15, -0.1) is 0 Å².